The lowest BCUT2D eigenvalue weighted by atomic mass is 10.1. The minimum Gasteiger partial charge on any atom is -0.462 e. The quantitative estimate of drug-likeness (QED) is 0.0689. The van der Waals surface area contributed by atoms with Gasteiger partial charge >= 0.3 is 19.8 Å². The lowest BCUT2D eigenvalue weighted by molar-refractivity contribution is -0.160. The number of carbonyl (C=O) groups is 2. The minimum atomic E-state index is -4.56. The second-order valence-electron chi connectivity index (χ2n) is 8.79. The summed E-state index contributed by atoms with van der Waals surface area (Å²) < 4.78 is 31.2. The highest BCUT2D eigenvalue weighted by Gasteiger charge is 2.26. The molecule has 0 fully saturated rings. The molecule has 0 saturated carbocycles. The number of hydrogen-bond donors (Lipinski definition) is 3. The number of hydrogen-bond acceptors (Lipinski definition) is 9. The Balaban J connectivity index is 4.07. The summed E-state index contributed by atoms with van der Waals surface area (Å²) in [6, 6.07) is 0. The molecule has 0 aromatic rings. The number of esters is 2. The van der Waals surface area contributed by atoms with Crippen LogP contribution in [0.25, 0.3) is 0 Å². The smallest absolute Gasteiger partial charge is 0.462 e. The van der Waals surface area contributed by atoms with Crippen molar-refractivity contribution >= 4 is 19.8 Å². The highest BCUT2D eigenvalue weighted by molar-refractivity contribution is 7.47. The molecular formula is C25H47O10P. The van der Waals surface area contributed by atoms with Crippen molar-refractivity contribution in [3.05, 3.63) is 12.2 Å². The molecule has 212 valence electrons. The first-order valence-electron chi connectivity index (χ1n) is 13.1. The van der Waals surface area contributed by atoms with Crippen LogP contribution in [0.15, 0.2) is 12.2 Å². The largest absolute Gasteiger partial charge is 0.472 e. The van der Waals surface area contributed by atoms with E-state index >= 15 is 0 Å². The molecule has 36 heavy (non-hydrogen) atoms. The molecule has 3 N–H and O–H groups in total. The van der Waals surface area contributed by atoms with E-state index in [4.69, 9.17) is 19.1 Å². The van der Waals surface area contributed by atoms with E-state index in [0.29, 0.717) is 6.42 Å². The lowest BCUT2D eigenvalue weighted by Crippen LogP contribution is -2.29. The summed E-state index contributed by atoms with van der Waals surface area (Å²) in [4.78, 5) is 32.9. The van der Waals surface area contributed by atoms with Gasteiger partial charge in [-0.15, -0.1) is 0 Å². The van der Waals surface area contributed by atoms with Crippen LogP contribution in [0, 0.1) is 0 Å². The summed E-state index contributed by atoms with van der Waals surface area (Å²) in [7, 11) is -4.56. The van der Waals surface area contributed by atoms with Crippen molar-refractivity contribution in [2.45, 2.75) is 110 Å². The Morgan fingerprint density at radius 2 is 1.42 bits per heavy atom. The molecule has 0 saturated heterocycles. The van der Waals surface area contributed by atoms with Gasteiger partial charge in [-0.1, -0.05) is 64.0 Å². The van der Waals surface area contributed by atoms with Crippen LogP contribution in [0.3, 0.4) is 0 Å². The number of ether oxygens (including phenoxy) is 2. The molecule has 0 aromatic carbocycles. The maximum Gasteiger partial charge on any atom is 0.472 e. The van der Waals surface area contributed by atoms with Crippen LogP contribution < -0.4 is 0 Å². The molecule has 0 heterocycles. The van der Waals surface area contributed by atoms with Gasteiger partial charge in [0.15, 0.2) is 6.10 Å². The van der Waals surface area contributed by atoms with E-state index in [2.05, 4.69) is 23.6 Å². The second kappa shape index (κ2) is 22.9. The number of allylic oxidation sites excluding steroid dienone is 2. The van der Waals surface area contributed by atoms with Crippen LogP contribution >= 0.6 is 7.82 Å². The van der Waals surface area contributed by atoms with E-state index in [9.17, 15) is 24.2 Å². The van der Waals surface area contributed by atoms with Crippen molar-refractivity contribution < 1.29 is 47.8 Å². The molecule has 0 aliphatic rings. The molecule has 0 aliphatic carbocycles. The normalized spacial score (nSPS) is 14.9. The van der Waals surface area contributed by atoms with Gasteiger partial charge in [0.25, 0.3) is 0 Å². The van der Waals surface area contributed by atoms with Gasteiger partial charge in [0.2, 0.25) is 0 Å². The van der Waals surface area contributed by atoms with Gasteiger partial charge in [-0.25, -0.2) is 4.57 Å². The van der Waals surface area contributed by atoms with Crippen LogP contribution in [-0.2, 0) is 32.7 Å². The van der Waals surface area contributed by atoms with Gasteiger partial charge in [-0.2, -0.15) is 0 Å². The first-order valence-corrected chi connectivity index (χ1v) is 14.6. The molecule has 10 nitrogen and oxygen atoms in total. The van der Waals surface area contributed by atoms with Crippen molar-refractivity contribution in [1.82, 2.24) is 0 Å². The van der Waals surface area contributed by atoms with Crippen molar-refractivity contribution in [3.63, 3.8) is 0 Å². The molecule has 3 unspecified atom stereocenters. The number of carbonyl (C=O) groups excluding carboxylic acids is 2. The Labute approximate surface area is 216 Å². The molecule has 0 aromatic heterocycles. The number of phosphoric ester groups is 1. The fourth-order valence-electron chi connectivity index (χ4n) is 3.18. The predicted molar refractivity (Wildman–Crippen MR) is 136 cm³/mol. The van der Waals surface area contributed by atoms with E-state index in [0.717, 1.165) is 38.5 Å². The third-order valence-corrected chi connectivity index (χ3v) is 6.18. The van der Waals surface area contributed by atoms with Crippen LogP contribution in [-0.4, -0.2) is 65.7 Å². The Kier molecular flexibility index (Phi) is 22.1. The average Bonchev–Trinajstić information content (AvgIpc) is 2.84. The maximum absolute atomic E-state index is 12.1. The summed E-state index contributed by atoms with van der Waals surface area (Å²) in [6.07, 6.45) is 15.8. The number of aliphatic hydroxyl groups is 2. The number of aliphatic hydroxyl groups excluding tert-OH is 2. The summed E-state index contributed by atoms with van der Waals surface area (Å²) in [5.74, 6) is -1.13. The molecule has 0 bridgehead atoms. The van der Waals surface area contributed by atoms with Gasteiger partial charge in [0, 0.05) is 13.3 Å². The Hall–Kier alpha value is -1.29. The summed E-state index contributed by atoms with van der Waals surface area (Å²) in [5, 5.41) is 17.9. The van der Waals surface area contributed by atoms with Gasteiger partial charge in [-0.05, 0) is 32.1 Å². The van der Waals surface area contributed by atoms with Crippen molar-refractivity contribution in [3.8, 4) is 0 Å². The number of rotatable bonds is 24. The lowest BCUT2D eigenvalue weighted by Gasteiger charge is -2.20. The molecule has 0 aliphatic heterocycles. The molecule has 0 rings (SSSR count). The first kappa shape index (κ1) is 34.7. The molecular weight excluding hydrogens is 491 g/mol. The third-order valence-electron chi connectivity index (χ3n) is 5.23. The summed E-state index contributed by atoms with van der Waals surface area (Å²) >= 11 is 0. The fraction of sp³-hybridized carbons (Fsp3) is 0.840. The molecule has 0 radical (unpaired) electrons. The highest BCUT2D eigenvalue weighted by Crippen LogP contribution is 2.43. The van der Waals surface area contributed by atoms with Crippen LogP contribution in [0.4, 0.5) is 0 Å². The number of unbranched alkanes of at least 4 members (excludes halogenated alkanes) is 10. The van der Waals surface area contributed by atoms with E-state index in [1.807, 2.05) is 0 Å². The van der Waals surface area contributed by atoms with Crippen molar-refractivity contribution in [1.29, 1.82) is 0 Å². The van der Waals surface area contributed by atoms with Gasteiger partial charge < -0.3 is 24.6 Å². The van der Waals surface area contributed by atoms with Crippen LogP contribution in [0.5, 0.6) is 0 Å². The standard InChI is InChI=1S/C25H47O10P/c1-3-4-5-6-7-8-9-10-11-12-13-14-15-16-17-25(29)35-24(20-32-22(2)27)21-34-36(30,31)33-19-23(28)18-26/h9-10,23-24,26,28H,3-8,11-21H2,1-2H3,(H,30,31)/b10-9-. The first-order chi connectivity index (χ1) is 17.2. The van der Waals surface area contributed by atoms with E-state index in [-0.39, 0.29) is 13.0 Å². The topological polar surface area (TPSA) is 149 Å². The average molecular weight is 539 g/mol. The van der Waals surface area contributed by atoms with E-state index in [1.54, 1.807) is 0 Å². The van der Waals surface area contributed by atoms with E-state index in [1.165, 1.54) is 39.0 Å². The van der Waals surface area contributed by atoms with Crippen molar-refractivity contribution in [2.75, 3.05) is 26.4 Å². The summed E-state index contributed by atoms with van der Waals surface area (Å²) in [5.41, 5.74) is 0. The monoisotopic (exact) mass is 538 g/mol. The fourth-order valence-corrected chi connectivity index (χ4v) is 3.97. The van der Waals surface area contributed by atoms with Crippen molar-refractivity contribution in [2.24, 2.45) is 0 Å². The maximum atomic E-state index is 12.1. The SMILES string of the molecule is CCCCCCC/C=C\CCCCCCCC(=O)OC(COC(C)=O)COP(=O)(O)OCC(O)CO. The zero-order chi connectivity index (χ0) is 27.1. The second-order valence-corrected chi connectivity index (χ2v) is 10.2. The minimum absolute atomic E-state index is 0.171. The zero-order valence-corrected chi connectivity index (χ0v) is 22.9. The van der Waals surface area contributed by atoms with Gasteiger partial charge in [0.1, 0.15) is 12.7 Å². The van der Waals surface area contributed by atoms with Crippen LogP contribution in [0.1, 0.15) is 97.3 Å². The predicted octanol–water partition coefficient (Wildman–Crippen LogP) is 4.60. The number of phosphoric acid groups is 1. The highest BCUT2D eigenvalue weighted by atomic mass is 31.2. The Morgan fingerprint density at radius 1 is 0.861 bits per heavy atom. The van der Waals surface area contributed by atoms with Gasteiger partial charge in [-0.3, -0.25) is 18.6 Å². The molecule has 0 spiro atoms. The van der Waals surface area contributed by atoms with Crippen LogP contribution in [0.2, 0.25) is 0 Å². The Bertz CT molecular complexity index is 640. The third kappa shape index (κ3) is 23.1. The van der Waals surface area contributed by atoms with Gasteiger partial charge in [0.05, 0.1) is 19.8 Å². The Morgan fingerprint density at radius 3 is 2.00 bits per heavy atom. The van der Waals surface area contributed by atoms with E-state index < -0.39 is 51.8 Å². The molecule has 0 amide bonds. The molecule has 3 atom stereocenters. The summed E-state index contributed by atoms with van der Waals surface area (Å²) in [6.45, 7) is 1.25. The zero-order valence-electron chi connectivity index (χ0n) is 22.0. The molecule has 11 heteroatoms.